The molecule has 0 radical (unpaired) electrons. The van der Waals surface area contributed by atoms with Gasteiger partial charge in [-0.15, -0.1) is 0 Å². The van der Waals surface area contributed by atoms with Crippen LogP contribution in [0.5, 0.6) is 0 Å². The van der Waals surface area contributed by atoms with Crippen LogP contribution in [-0.2, 0) is 4.79 Å². The van der Waals surface area contributed by atoms with Crippen molar-refractivity contribution in [1.29, 1.82) is 0 Å². The van der Waals surface area contributed by atoms with Crippen LogP contribution in [0, 0.1) is 0 Å². The van der Waals surface area contributed by atoms with Crippen LogP contribution in [-0.4, -0.2) is 15.8 Å². The Hall–Kier alpha value is -1.58. The average Bonchev–Trinajstić information content (AvgIpc) is 2.37. The van der Waals surface area contributed by atoms with Gasteiger partial charge in [0.1, 0.15) is 0 Å². The van der Waals surface area contributed by atoms with Crippen LogP contribution >= 0.6 is 0 Å². The number of nitrogens with one attached hydrogen (secondary N) is 1. The normalized spacial score (nSPS) is 12.5. The number of hydrogen-bond acceptors (Lipinski definition) is 3. The van der Waals surface area contributed by atoms with Crippen molar-refractivity contribution in [3.63, 3.8) is 0 Å². The molecule has 64 valence electrons. The van der Waals surface area contributed by atoms with Crippen molar-refractivity contribution in [2.24, 2.45) is 5.73 Å². The van der Waals surface area contributed by atoms with E-state index in [9.17, 15) is 4.79 Å². The lowest BCUT2D eigenvalue weighted by atomic mass is 10.1. The summed E-state index contributed by atoms with van der Waals surface area (Å²) < 4.78 is 0. The van der Waals surface area contributed by atoms with Crippen molar-refractivity contribution >= 4 is 11.4 Å². The highest BCUT2D eigenvalue weighted by atomic mass is 16.1. The summed E-state index contributed by atoms with van der Waals surface area (Å²) >= 11 is 0. The first-order valence-corrected chi connectivity index (χ1v) is 3.59. The molecule has 0 aliphatic rings. The van der Waals surface area contributed by atoms with Crippen molar-refractivity contribution in [3.8, 4) is 0 Å². The summed E-state index contributed by atoms with van der Waals surface area (Å²) in [6.07, 6.45) is 3.09. The Bertz CT molecular complexity index is 307. The minimum Gasteiger partial charge on any atom is -0.402 e. The Morgan fingerprint density at radius 3 is 2.58 bits per heavy atom. The highest BCUT2D eigenvalue weighted by Gasteiger charge is 2.10. The number of rotatable bonds is 2. The number of aromatic amines is 1. The van der Waals surface area contributed by atoms with Gasteiger partial charge in [0.15, 0.2) is 5.78 Å². The van der Waals surface area contributed by atoms with Crippen molar-refractivity contribution in [1.82, 2.24) is 9.97 Å². The van der Waals surface area contributed by atoms with Gasteiger partial charge in [0, 0.05) is 5.70 Å². The van der Waals surface area contributed by atoms with Crippen molar-refractivity contribution < 1.29 is 4.79 Å². The third kappa shape index (κ3) is 1.53. The Labute approximate surface area is 70.5 Å². The second-order valence-corrected chi connectivity index (χ2v) is 2.58. The van der Waals surface area contributed by atoms with Crippen molar-refractivity contribution in [2.75, 3.05) is 0 Å². The van der Waals surface area contributed by atoms with Crippen LogP contribution in [0.2, 0.25) is 0 Å². The molecule has 0 bridgehead atoms. The van der Waals surface area contributed by atoms with Gasteiger partial charge in [-0.1, -0.05) is 0 Å². The van der Waals surface area contributed by atoms with E-state index in [0.29, 0.717) is 17.0 Å². The molecule has 0 saturated carbocycles. The van der Waals surface area contributed by atoms with E-state index in [-0.39, 0.29) is 5.78 Å². The van der Waals surface area contributed by atoms with Crippen LogP contribution in [0.3, 0.4) is 0 Å². The van der Waals surface area contributed by atoms with Crippen molar-refractivity contribution in [2.45, 2.75) is 13.8 Å². The summed E-state index contributed by atoms with van der Waals surface area (Å²) in [7, 11) is 0. The number of nitrogens with zero attached hydrogens (tertiary/aromatic N) is 1. The molecule has 0 aliphatic carbocycles. The van der Waals surface area contributed by atoms with Gasteiger partial charge in [0.05, 0.1) is 23.8 Å². The Balaban J connectivity index is 3.15. The molecule has 0 atom stereocenters. The summed E-state index contributed by atoms with van der Waals surface area (Å²) in [5.41, 5.74) is 7.22. The van der Waals surface area contributed by atoms with Gasteiger partial charge in [-0.25, -0.2) is 4.98 Å². The van der Waals surface area contributed by atoms with Crippen LogP contribution in [0.1, 0.15) is 19.5 Å². The molecule has 3 N–H and O–H groups in total. The molecular weight excluding hydrogens is 154 g/mol. The summed E-state index contributed by atoms with van der Waals surface area (Å²) in [5.74, 6) is -0.0562. The smallest absolute Gasteiger partial charge is 0.163 e. The molecule has 0 saturated heterocycles. The van der Waals surface area contributed by atoms with Crippen LogP contribution < -0.4 is 5.73 Å². The first kappa shape index (κ1) is 8.52. The monoisotopic (exact) mass is 165 g/mol. The van der Waals surface area contributed by atoms with Crippen LogP contribution in [0.4, 0.5) is 0 Å². The third-order valence-corrected chi connectivity index (χ3v) is 1.51. The van der Waals surface area contributed by atoms with E-state index < -0.39 is 0 Å². The number of nitrogens with two attached hydrogens (primary N) is 1. The second-order valence-electron chi connectivity index (χ2n) is 2.58. The molecule has 0 aromatic carbocycles. The van der Waals surface area contributed by atoms with Gasteiger partial charge >= 0.3 is 0 Å². The molecular formula is C8H11N3O. The van der Waals surface area contributed by atoms with Gasteiger partial charge in [-0.3, -0.25) is 4.79 Å². The fraction of sp³-hybridized carbons (Fsp3) is 0.250. The highest BCUT2D eigenvalue weighted by molar-refractivity contribution is 6.19. The van der Waals surface area contributed by atoms with E-state index in [1.54, 1.807) is 13.1 Å². The molecule has 1 aromatic rings. The van der Waals surface area contributed by atoms with E-state index in [0.717, 1.165) is 0 Å². The molecule has 0 aliphatic heterocycles. The first-order chi connectivity index (χ1) is 5.63. The molecule has 0 fully saturated rings. The van der Waals surface area contributed by atoms with Crippen LogP contribution in [0.15, 0.2) is 18.2 Å². The number of imidazole rings is 1. The molecule has 1 aromatic heterocycles. The maximum Gasteiger partial charge on any atom is 0.163 e. The number of ketones is 1. The number of aromatic nitrogens is 2. The lowest BCUT2D eigenvalue weighted by Gasteiger charge is -2.01. The number of carbonyl (C=O) groups is 1. The molecule has 1 heterocycles. The fourth-order valence-electron chi connectivity index (χ4n) is 1.07. The standard InChI is InChI=1S/C8H11N3O/c1-5(9)8(6(2)12)7-3-10-4-11-7/h3-4H,9H2,1-2H3,(H,10,11)/b8-5+. The fourth-order valence-corrected chi connectivity index (χ4v) is 1.07. The zero-order valence-electron chi connectivity index (χ0n) is 7.09. The summed E-state index contributed by atoms with van der Waals surface area (Å²) in [4.78, 5) is 17.7. The van der Waals surface area contributed by atoms with E-state index >= 15 is 0 Å². The van der Waals surface area contributed by atoms with E-state index in [1.165, 1.54) is 13.3 Å². The predicted octanol–water partition coefficient (Wildman–Crippen LogP) is 0.688. The summed E-state index contributed by atoms with van der Waals surface area (Å²) in [6.45, 7) is 3.17. The zero-order valence-corrected chi connectivity index (χ0v) is 7.09. The molecule has 0 unspecified atom stereocenters. The quantitative estimate of drug-likeness (QED) is 0.633. The van der Waals surface area contributed by atoms with E-state index in [2.05, 4.69) is 9.97 Å². The Kier molecular flexibility index (Phi) is 2.28. The second kappa shape index (κ2) is 3.21. The molecule has 1 rings (SSSR count). The highest BCUT2D eigenvalue weighted by Crippen LogP contribution is 2.13. The molecule has 0 spiro atoms. The SMILES string of the molecule is CC(=O)/C(=C(/C)N)c1cnc[nH]1. The number of carbonyl (C=O) groups excluding carboxylic acids is 1. The Morgan fingerprint density at radius 2 is 2.25 bits per heavy atom. The maximum absolute atomic E-state index is 11.1. The lowest BCUT2D eigenvalue weighted by Crippen LogP contribution is -2.05. The topological polar surface area (TPSA) is 71.8 Å². The van der Waals surface area contributed by atoms with E-state index in [1.807, 2.05) is 0 Å². The number of H-pyrrole nitrogens is 1. The number of Topliss-reactive ketones (excluding diaryl/α,β-unsaturated/α-hetero) is 1. The minimum atomic E-state index is -0.0562. The lowest BCUT2D eigenvalue weighted by molar-refractivity contribution is -0.111. The average molecular weight is 165 g/mol. The molecule has 12 heavy (non-hydrogen) atoms. The van der Waals surface area contributed by atoms with Crippen molar-refractivity contribution in [3.05, 3.63) is 23.9 Å². The maximum atomic E-state index is 11.1. The zero-order chi connectivity index (χ0) is 9.14. The predicted molar refractivity (Wildman–Crippen MR) is 46.1 cm³/mol. The summed E-state index contributed by atoms with van der Waals surface area (Å²) in [5, 5.41) is 0. The minimum absolute atomic E-state index is 0.0562. The van der Waals surface area contributed by atoms with Gasteiger partial charge < -0.3 is 10.7 Å². The van der Waals surface area contributed by atoms with Gasteiger partial charge in [-0.2, -0.15) is 0 Å². The largest absolute Gasteiger partial charge is 0.402 e. The van der Waals surface area contributed by atoms with Gasteiger partial charge in [-0.05, 0) is 13.8 Å². The Morgan fingerprint density at radius 1 is 1.58 bits per heavy atom. The van der Waals surface area contributed by atoms with Gasteiger partial charge in [0.2, 0.25) is 0 Å². The van der Waals surface area contributed by atoms with E-state index in [4.69, 9.17) is 5.73 Å². The molecule has 4 heteroatoms. The number of allylic oxidation sites excluding steroid dienone is 2. The molecule has 0 amide bonds. The summed E-state index contributed by atoms with van der Waals surface area (Å²) in [6, 6.07) is 0. The molecule has 4 nitrogen and oxygen atoms in total. The third-order valence-electron chi connectivity index (χ3n) is 1.51. The first-order valence-electron chi connectivity index (χ1n) is 3.59. The van der Waals surface area contributed by atoms with Gasteiger partial charge in [0.25, 0.3) is 0 Å². The van der Waals surface area contributed by atoms with Crippen LogP contribution in [0.25, 0.3) is 5.57 Å². The number of hydrogen-bond donors (Lipinski definition) is 2.